The molecule has 3 heteroatoms. The number of nitriles is 1. The molecule has 1 aromatic heterocycles. The molecule has 2 nitrogen and oxygen atoms in total. The Hall–Kier alpha value is -0.880. The molecule has 2 rings (SSSR count). The monoisotopic (exact) mass is 221 g/mol. The molecule has 1 aliphatic rings. The van der Waals surface area contributed by atoms with Crippen LogP contribution in [0.3, 0.4) is 0 Å². The topological polar surface area (TPSA) is 36.9 Å². The first-order chi connectivity index (χ1) is 7.40. The zero-order valence-electron chi connectivity index (χ0n) is 8.69. The third-order valence-electron chi connectivity index (χ3n) is 2.89. The van der Waals surface area contributed by atoms with Gasteiger partial charge in [-0.25, -0.2) is 0 Å². The molecule has 1 saturated carbocycles. The summed E-state index contributed by atoms with van der Waals surface area (Å²) in [6.45, 7) is 0. The second-order valence-electron chi connectivity index (χ2n) is 3.95. The fourth-order valence-corrected chi connectivity index (χ4v) is 3.33. The van der Waals surface area contributed by atoms with Crippen molar-refractivity contribution in [2.75, 3.05) is 0 Å². The van der Waals surface area contributed by atoms with Crippen molar-refractivity contribution in [3.8, 4) is 6.07 Å². The van der Waals surface area contributed by atoms with Crippen LogP contribution in [0.1, 0.15) is 31.4 Å². The summed E-state index contributed by atoms with van der Waals surface area (Å²) in [6.07, 6.45) is 6.46. The van der Waals surface area contributed by atoms with Gasteiger partial charge < -0.3 is 4.42 Å². The Labute approximate surface area is 94.7 Å². The van der Waals surface area contributed by atoms with Crippen LogP contribution in [0.4, 0.5) is 0 Å². The molecule has 1 aliphatic carbocycles. The molecular formula is C12H15NOS. The predicted octanol–water partition coefficient (Wildman–Crippen LogP) is 3.60. The molecular weight excluding hydrogens is 206 g/mol. The molecule has 0 aromatic carbocycles. The number of hydrogen-bond donors (Lipinski definition) is 0. The molecule has 80 valence electrons. The van der Waals surface area contributed by atoms with Gasteiger partial charge in [-0.1, -0.05) is 12.8 Å². The van der Waals surface area contributed by atoms with Gasteiger partial charge in [0.1, 0.15) is 5.76 Å². The van der Waals surface area contributed by atoms with Crippen LogP contribution < -0.4 is 0 Å². The van der Waals surface area contributed by atoms with Crippen molar-refractivity contribution in [3.63, 3.8) is 0 Å². The van der Waals surface area contributed by atoms with Crippen LogP contribution in [-0.2, 0) is 5.75 Å². The number of thioether (sulfide) groups is 1. The molecule has 0 N–H and O–H groups in total. The van der Waals surface area contributed by atoms with Crippen molar-refractivity contribution in [1.29, 1.82) is 5.26 Å². The molecule has 2 atom stereocenters. The van der Waals surface area contributed by atoms with Gasteiger partial charge in [-0.15, -0.1) is 11.8 Å². The number of nitrogens with zero attached hydrogens (tertiary/aromatic N) is 1. The van der Waals surface area contributed by atoms with E-state index in [1.807, 2.05) is 23.9 Å². The summed E-state index contributed by atoms with van der Waals surface area (Å²) in [5, 5.41) is 9.54. The molecule has 0 saturated heterocycles. The molecule has 1 fully saturated rings. The summed E-state index contributed by atoms with van der Waals surface area (Å²) >= 11 is 1.87. The van der Waals surface area contributed by atoms with Crippen molar-refractivity contribution in [2.24, 2.45) is 5.92 Å². The maximum Gasteiger partial charge on any atom is 0.113 e. The summed E-state index contributed by atoms with van der Waals surface area (Å²) in [6, 6.07) is 6.35. The second-order valence-corrected chi connectivity index (χ2v) is 5.18. The minimum Gasteiger partial charge on any atom is -0.468 e. The van der Waals surface area contributed by atoms with Crippen LogP contribution in [0.15, 0.2) is 22.8 Å². The van der Waals surface area contributed by atoms with Gasteiger partial charge in [0, 0.05) is 5.25 Å². The quantitative estimate of drug-likeness (QED) is 0.782. The van der Waals surface area contributed by atoms with E-state index in [9.17, 15) is 0 Å². The van der Waals surface area contributed by atoms with Gasteiger partial charge in [0.2, 0.25) is 0 Å². The summed E-state index contributed by atoms with van der Waals surface area (Å²) in [5.74, 6) is 2.16. The van der Waals surface area contributed by atoms with E-state index in [1.165, 1.54) is 19.3 Å². The Morgan fingerprint density at radius 1 is 1.47 bits per heavy atom. The smallest absolute Gasteiger partial charge is 0.113 e. The van der Waals surface area contributed by atoms with Gasteiger partial charge in [0.15, 0.2) is 0 Å². The van der Waals surface area contributed by atoms with Crippen molar-refractivity contribution in [1.82, 2.24) is 0 Å². The van der Waals surface area contributed by atoms with Crippen LogP contribution in [0.25, 0.3) is 0 Å². The average molecular weight is 221 g/mol. The third kappa shape index (κ3) is 2.79. The highest BCUT2D eigenvalue weighted by Crippen LogP contribution is 2.34. The molecule has 1 aromatic rings. The molecule has 15 heavy (non-hydrogen) atoms. The Kier molecular flexibility index (Phi) is 3.74. The fourth-order valence-electron chi connectivity index (χ4n) is 2.03. The van der Waals surface area contributed by atoms with E-state index in [-0.39, 0.29) is 5.92 Å². The fraction of sp³-hybridized carbons (Fsp3) is 0.583. The van der Waals surface area contributed by atoms with E-state index in [0.717, 1.165) is 17.9 Å². The molecule has 2 unspecified atom stereocenters. The molecule has 0 bridgehead atoms. The summed E-state index contributed by atoms with van der Waals surface area (Å²) in [5.41, 5.74) is 0. The molecule has 0 aliphatic heterocycles. The normalized spacial score (nSPS) is 26.1. The zero-order valence-corrected chi connectivity index (χ0v) is 9.50. The van der Waals surface area contributed by atoms with Crippen molar-refractivity contribution < 1.29 is 4.42 Å². The van der Waals surface area contributed by atoms with Gasteiger partial charge >= 0.3 is 0 Å². The zero-order chi connectivity index (χ0) is 10.5. The van der Waals surface area contributed by atoms with Crippen LogP contribution in [0.2, 0.25) is 0 Å². The second kappa shape index (κ2) is 5.27. The highest BCUT2D eigenvalue weighted by Gasteiger charge is 2.25. The average Bonchev–Trinajstić information content (AvgIpc) is 2.79. The van der Waals surface area contributed by atoms with Crippen LogP contribution in [-0.4, -0.2) is 5.25 Å². The van der Waals surface area contributed by atoms with Gasteiger partial charge in [0.05, 0.1) is 24.0 Å². The first kappa shape index (κ1) is 10.6. The Balaban J connectivity index is 1.85. The van der Waals surface area contributed by atoms with E-state index in [2.05, 4.69) is 6.07 Å². The van der Waals surface area contributed by atoms with E-state index in [4.69, 9.17) is 9.68 Å². The molecule has 0 amide bonds. The summed E-state index contributed by atoms with van der Waals surface area (Å²) < 4.78 is 5.29. The highest BCUT2D eigenvalue weighted by molar-refractivity contribution is 7.99. The van der Waals surface area contributed by atoms with Gasteiger partial charge in [-0.2, -0.15) is 5.26 Å². The van der Waals surface area contributed by atoms with Crippen molar-refractivity contribution >= 4 is 11.8 Å². The number of hydrogen-bond acceptors (Lipinski definition) is 3. The Bertz CT molecular complexity index is 328. The first-order valence-electron chi connectivity index (χ1n) is 5.44. The van der Waals surface area contributed by atoms with Crippen LogP contribution in [0.5, 0.6) is 0 Å². The lowest BCUT2D eigenvalue weighted by Gasteiger charge is -2.25. The molecule has 1 heterocycles. The van der Waals surface area contributed by atoms with Gasteiger partial charge in [0.25, 0.3) is 0 Å². The minimum absolute atomic E-state index is 0.249. The SMILES string of the molecule is N#CC1CCCCC1SCc1ccco1. The van der Waals surface area contributed by atoms with E-state index in [0.29, 0.717) is 5.25 Å². The molecule has 0 spiro atoms. The van der Waals surface area contributed by atoms with Crippen LogP contribution in [0, 0.1) is 17.2 Å². The largest absolute Gasteiger partial charge is 0.468 e. The lowest BCUT2D eigenvalue weighted by Crippen LogP contribution is -2.20. The first-order valence-corrected chi connectivity index (χ1v) is 6.48. The maximum atomic E-state index is 9.03. The summed E-state index contributed by atoms with van der Waals surface area (Å²) in [4.78, 5) is 0. The Morgan fingerprint density at radius 2 is 2.33 bits per heavy atom. The predicted molar refractivity (Wildman–Crippen MR) is 61.4 cm³/mol. The van der Waals surface area contributed by atoms with Gasteiger partial charge in [-0.05, 0) is 25.0 Å². The summed E-state index contributed by atoms with van der Waals surface area (Å²) in [7, 11) is 0. The lowest BCUT2D eigenvalue weighted by atomic mass is 9.90. The van der Waals surface area contributed by atoms with Gasteiger partial charge in [-0.3, -0.25) is 0 Å². The third-order valence-corrected chi connectivity index (χ3v) is 4.33. The molecule has 0 radical (unpaired) electrons. The minimum atomic E-state index is 0.249. The standard InChI is InChI=1S/C12H15NOS/c13-8-10-4-1-2-6-12(10)15-9-11-5-3-7-14-11/h3,5,7,10,12H,1-2,4,6,9H2. The lowest BCUT2D eigenvalue weighted by molar-refractivity contribution is 0.438. The maximum absolute atomic E-state index is 9.03. The highest BCUT2D eigenvalue weighted by atomic mass is 32.2. The van der Waals surface area contributed by atoms with Crippen molar-refractivity contribution in [2.45, 2.75) is 36.7 Å². The van der Waals surface area contributed by atoms with E-state index in [1.54, 1.807) is 6.26 Å². The number of rotatable bonds is 3. The van der Waals surface area contributed by atoms with E-state index < -0.39 is 0 Å². The van der Waals surface area contributed by atoms with Crippen molar-refractivity contribution in [3.05, 3.63) is 24.2 Å². The Morgan fingerprint density at radius 3 is 3.07 bits per heavy atom. The van der Waals surface area contributed by atoms with E-state index >= 15 is 0 Å². The number of furan rings is 1. The van der Waals surface area contributed by atoms with Crippen LogP contribution >= 0.6 is 11.8 Å².